The lowest BCUT2D eigenvalue weighted by molar-refractivity contribution is -0.166. The monoisotopic (exact) mass is 627 g/mol. The quantitative estimate of drug-likeness (QED) is 0.189. The molecule has 4 aliphatic rings. The number of anilines is 2. The van der Waals surface area contributed by atoms with E-state index in [-0.39, 0.29) is 30.3 Å². The van der Waals surface area contributed by atoms with Crippen molar-refractivity contribution in [1.82, 2.24) is 26.0 Å². The van der Waals surface area contributed by atoms with Gasteiger partial charge in [-0.1, -0.05) is 12.5 Å². The van der Waals surface area contributed by atoms with Gasteiger partial charge in [0.15, 0.2) is 0 Å². The van der Waals surface area contributed by atoms with Crippen molar-refractivity contribution in [3.63, 3.8) is 0 Å². The highest BCUT2D eigenvalue weighted by Gasteiger charge is 2.45. The third-order valence-electron chi connectivity index (χ3n) is 8.51. The summed E-state index contributed by atoms with van der Waals surface area (Å²) in [7, 11) is 3.35. The maximum atomic E-state index is 13.7. The number of hydrogen-bond donors (Lipinski definition) is 4. The summed E-state index contributed by atoms with van der Waals surface area (Å²) >= 11 is 0. The molecular weight excluding hydrogens is 588 g/mol. The molecule has 1 aromatic rings. The van der Waals surface area contributed by atoms with Crippen molar-refractivity contribution >= 4 is 23.3 Å². The highest BCUT2D eigenvalue weighted by molar-refractivity contribution is 6.01. The maximum Gasteiger partial charge on any atom is 0.412 e. The second-order valence-corrected chi connectivity index (χ2v) is 12.2. The molecule has 1 aliphatic heterocycles. The minimum atomic E-state index is -4.89. The molecule has 2 heterocycles. The van der Waals surface area contributed by atoms with Gasteiger partial charge in [-0.2, -0.15) is 26.3 Å². The zero-order valence-corrected chi connectivity index (χ0v) is 25.0. The number of pyridine rings is 1. The summed E-state index contributed by atoms with van der Waals surface area (Å²) in [5, 5.41) is 17.2. The van der Waals surface area contributed by atoms with Crippen molar-refractivity contribution in [3.05, 3.63) is 40.5 Å². The first-order valence-corrected chi connectivity index (χ1v) is 14.9. The zero-order valence-electron chi connectivity index (χ0n) is 25.0. The summed E-state index contributed by atoms with van der Waals surface area (Å²) in [4.78, 5) is 8.85. The van der Waals surface area contributed by atoms with Crippen LogP contribution in [-0.2, 0) is 6.54 Å². The third kappa shape index (κ3) is 7.59. The first kappa shape index (κ1) is 31.9. The number of nitrogens with zero attached hydrogens (tertiary/aromatic N) is 5. The van der Waals surface area contributed by atoms with Crippen molar-refractivity contribution in [2.75, 3.05) is 43.9 Å². The number of halogens is 6. The molecule has 0 aromatic carbocycles. The van der Waals surface area contributed by atoms with Crippen LogP contribution in [-0.4, -0.2) is 72.8 Å². The molecule has 15 heteroatoms. The topological polar surface area (TPSA) is 94.9 Å². The molecule has 242 valence electrons. The van der Waals surface area contributed by atoms with Gasteiger partial charge in [0.05, 0.1) is 5.92 Å². The van der Waals surface area contributed by atoms with Crippen LogP contribution in [0.1, 0.15) is 56.6 Å². The Morgan fingerprint density at radius 2 is 1.75 bits per heavy atom. The molecule has 0 saturated heterocycles. The van der Waals surface area contributed by atoms with Crippen molar-refractivity contribution in [2.24, 2.45) is 22.9 Å². The van der Waals surface area contributed by atoms with Crippen LogP contribution in [0.25, 0.3) is 0 Å². The number of alkyl halides is 6. The highest BCUT2D eigenvalue weighted by atomic mass is 19.4. The van der Waals surface area contributed by atoms with Gasteiger partial charge in [-0.3, -0.25) is 5.43 Å². The van der Waals surface area contributed by atoms with E-state index < -0.39 is 30.3 Å². The third-order valence-corrected chi connectivity index (χ3v) is 8.51. The van der Waals surface area contributed by atoms with Crippen LogP contribution in [0.4, 0.5) is 38.0 Å². The van der Waals surface area contributed by atoms with E-state index in [1.54, 1.807) is 25.9 Å². The average Bonchev–Trinajstić information content (AvgIpc) is 3.64. The molecule has 1 atom stereocenters. The smallest absolute Gasteiger partial charge is 0.373 e. The van der Waals surface area contributed by atoms with Crippen LogP contribution < -0.4 is 21.2 Å². The Morgan fingerprint density at radius 3 is 2.25 bits per heavy atom. The number of allylic oxidation sites excluding steroid dienone is 2. The number of aromatic nitrogens is 1. The van der Waals surface area contributed by atoms with Crippen LogP contribution in [0.5, 0.6) is 0 Å². The number of hydrazine groups is 2. The minimum Gasteiger partial charge on any atom is -0.373 e. The van der Waals surface area contributed by atoms with E-state index in [0.29, 0.717) is 34.6 Å². The first-order valence-electron chi connectivity index (χ1n) is 14.9. The van der Waals surface area contributed by atoms with Crippen LogP contribution in [0.15, 0.2) is 34.5 Å². The predicted molar refractivity (Wildman–Crippen MR) is 157 cm³/mol. The molecule has 5 rings (SSSR count). The molecule has 0 radical (unpaired) electrons. The van der Waals surface area contributed by atoms with E-state index in [4.69, 9.17) is 10.4 Å². The maximum absolute atomic E-state index is 13.7. The van der Waals surface area contributed by atoms with Gasteiger partial charge in [0.25, 0.3) is 0 Å². The van der Waals surface area contributed by atoms with Crippen molar-refractivity contribution < 1.29 is 26.3 Å². The lowest BCUT2D eigenvalue weighted by Crippen LogP contribution is -2.45. The Balaban J connectivity index is 1.55. The number of nitrogens with one attached hydrogen (secondary N) is 4. The number of hydrogen-bond acceptors (Lipinski definition) is 9. The minimum absolute atomic E-state index is 0.0724. The van der Waals surface area contributed by atoms with E-state index in [1.165, 1.54) is 11.5 Å². The molecule has 1 aromatic heterocycles. The molecular formula is C29H39F6N9. The fraction of sp³-hybridized carbons (Fsp3) is 0.621. The summed E-state index contributed by atoms with van der Waals surface area (Å²) in [6.07, 6.45) is -3.50. The van der Waals surface area contributed by atoms with Gasteiger partial charge in [0, 0.05) is 62.7 Å². The average molecular weight is 628 g/mol. The molecule has 9 nitrogen and oxygen atoms in total. The summed E-state index contributed by atoms with van der Waals surface area (Å²) in [5.74, 6) is 0.276. The van der Waals surface area contributed by atoms with E-state index in [1.807, 2.05) is 6.07 Å². The predicted octanol–water partition coefficient (Wildman–Crippen LogP) is 5.55. The van der Waals surface area contributed by atoms with Gasteiger partial charge in [0.2, 0.25) is 5.96 Å². The van der Waals surface area contributed by atoms with Crippen molar-refractivity contribution in [3.8, 4) is 0 Å². The fourth-order valence-electron chi connectivity index (χ4n) is 5.75. The lowest BCUT2D eigenvalue weighted by Gasteiger charge is -2.35. The second-order valence-electron chi connectivity index (χ2n) is 12.2. The largest absolute Gasteiger partial charge is 0.412 e. The van der Waals surface area contributed by atoms with Crippen LogP contribution >= 0.6 is 0 Å². The molecule has 2 saturated carbocycles. The number of hydrazone groups is 1. The van der Waals surface area contributed by atoms with Crippen LogP contribution in [0.3, 0.4) is 0 Å². The summed E-state index contributed by atoms with van der Waals surface area (Å²) < 4.78 is 82.4. The number of rotatable bonds is 11. The van der Waals surface area contributed by atoms with E-state index >= 15 is 0 Å². The van der Waals surface area contributed by atoms with E-state index in [0.717, 1.165) is 50.9 Å². The molecule has 2 fully saturated rings. The van der Waals surface area contributed by atoms with Gasteiger partial charge >= 0.3 is 12.4 Å². The highest BCUT2D eigenvalue weighted by Crippen LogP contribution is 2.42. The molecule has 0 amide bonds. The summed E-state index contributed by atoms with van der Waals surface area (Å²) in [6.45, 7) is 3.06. The van der Waals surface area contributed by atoms with Gasteiger partial charge in [0.1, 0.15) is 11.6 Å². The van der Waals surface area contributed by atoms with Gasteiger partial charge in [-0.15, -0.1) is 10.6 Å². The second kappa shape index (κ2) is 12.5. The Hall–Kier alpha value is -3.49. The lowest BCUT2D eigenvalue weighted by atomic mass is 9.85. The van der Waals surface area contributed by atoms with Crippen molar-refractivity contribution in [2.45, 2.75) is 64.3 Å². The summed E-state index contributed by atoms with van der Waals surface area (Å²) in [5.41, 5.74) is 5.85. The van der Waals surface area contributed by atoms with E-state index in [2.05, 4.69) is 26.3 Å². The van der Waals surface area contributed by atoms with Gasteiger partial charge in [-0.25, -0.2) is 10.1 Å². The normalized spacial score (nSPS) is 20.8. The van der Waals surface area contributed by atoms with Crippen LogP contribution in [0, 0.1) is 23.2 Å². The molecule has 44 heavy (non-hydrogen) atoms. The molecule has 0 bridgehead atoms. The number of guanidine groups is 1. The SMILES string of the molecule is CNc1nc(N(CC2CCC2)CC2CC2)c(CN(CC2=CC(C(F)(F)F)CC(C(F)(F)F)=C2)C2=NN(C)NN2)cc1C(C)=N. The van der Waals surface area contributed by atoms with E-state index in [9.17, 15) is 26.3 Å². The molecule has 4 N–H and O–H groups in total. The van der Waals surface area contributed by atoms with Gasteiger partial charge in [-0.05, 0) is 68.6 Å². The standard InChI is InChI=1S/C29H39F6N9/c1-17(36)24-11-21(26(38-25(24)37-2)43(14-19-7-8-19)13-18-5-4-6-18)16-44(27-39-41-42(3)40-27)15-20-9-22(28(30,31)32)12-23(10-20)29(33,34)35/h9-11,18-19,22,36,41H,4-8,12-16H2,1-3H3,(H,37,38)(H,39,40). The van der Waals surface area contributed by atoms with Crippen LogP contribution in [0.2, 0.25) is 0 Å². The molecule has 0 spiro atoms. The fourth-order valence-corrected chi connectivity index (χ4v) is 5.75. The Bertz CT molecular complexity index is 1330. The van der Waals surface area contributed by atoms with Crippen molar-refractivity contribution in [1.29, 1.82) is 5.41 Å². The molecule has 1 unspecified atom stereocenters. The Labute approximate surface area is 252 Å². The Morgan fingerprint density at radius 1 is 1.07 bits per heavy atom. The zero-order chi connectivity index (χ0) is 31.8. The Kier molecular flexibility index (Phi) is 9.06. The molecule has 3 aliphatic carbocycles. The first-order chi connectivity index (χ1) is 20.7. The van der Waals surface area contributed by atoms with Gasteiger partial charge < -0.3 is 20.5 Å². The summed E-state index contributed by atoms with van der Waals surface area (Å²) in [6, 6.07) is 1.85.